The number of pyridine rings is 1. The smallest absolute Gasteiger partial charge is 0.434 e. The van der Waals surface area contributed by atoms with Gasteiger partial charge in [-0.15, -0.1) is 0 Å². The molecular weight excluding hydrogens is 516 g/mol. The lowest BCUT2D eigenvalue weighted by atomic mass is 9.86. The number of nitrogens with one attached hydrogen (secondary N) is 1. The van der Waals surface area contributed by atoms with Crippen molar-refractivity contribution in [3.05, 3.63) is 83.7 Å². The van der Waals surface area contributed by atoms with Gasteiger partial charge in [-0.2, -0.15) is 26.3 Å². The van der Waals surface area contributed by atoms with E-state index in [0.717, 1.165) is 29.8 Å². The first kappa shape index (κ1) is 26.5. The van der Waals surface area contributed by atoms with E-state index in [1.54, 1.807) is 24.3 Å². The lowest BCUT2D eigenvalue weighted by molar-refractivity contribution is -0.140. The molecule has 0 bridgehead atoms. The summed E-state index contributed by atoms with van der Waals surface area (Å²) in [6.07, 6.45) is -7.95. The molecule has 0 atom stereocenters. The molecule has 37 heavy (non-hydrogen) atoms. The Bertz CT molecular complexity index is 1390. The van der Waals surface area contributed by atoms with Gasteiger partial charge in [0.05, 0.1) is 10.4 Å². The molecule has 0 saturated carbocycles. The molecule has 1 N–H and O–H groups in total. The van der Waals surface area contributed by atoms with Gasteiger partial charge in [0.1, 0.15) is 11.4 Å². The number of alkyl halides is 6. The van der Waals surface area contributed by atoms with Gasteiger partial charge in [-0.1, -0.05) is 62.4 Å². The Morgan fingerprint density at radius 3 is 2.11 bits per heavy atom. The number of thiazole rings is 1. The second kappa shape index (κ2) is 9.70. The number of halogens is 6. The van der Waals surface area contributed by atoms with E-state index in [1.165, 1.54) is 6.20 Å². The van der Waals surface area contributed by atoms with Crippen LogP contribution in [0, 0.1) is 0 Å². The van der Waals surface area contributed by atoms with Crippen LogP contribution in [0.25, 0.3) is 10.4 Å². The van der Waals surface area contributed by atoms with Crippen LogP contribution in [0.5, 0.6) is 11.6 Å². The van der Waals surface area contributed by atoms with Crippen molar-refractivity contribution in [1.82, 2.24) is 9.97 Å². The summed E-state index contributed by atoms with van der Waals surface area (Å²) in [4.78, 5) is 7.62. The quantitative estimate of drug-likeness (QED) is 0.258. The topological polar surface area (TPSA) is 47.0 Å². The van der Waals surface area contributed by atoms with Gasteiger partial charge in [0.2, 0.25) is 5.88 Å². The van der Waals surface area contributed by atoms with Crippen LogP contribution in [0.15, 0.2) is 66.9 Å². The Hall–Kier alpha value is -3.60. The van der Waals surface area contributed by atoms with Crippen molar-refractivity contribution in [3.63, 3.8) is 0 Å². The van der Waals surface area contributed by atoms with E-state index in [-0.39, 0.29) is 32.6 Å². The van der Waals surface area contributed by atoms with E-state index in [2.05, 4.69) is 15.3 Å². The van der Waals surface area contributed by atoms with Gasteiger partial charge in [0.15, 0.2) is 10.8 Å². The lowest BCUT2D eigenvalue weighted by Crippen LogP contribution is -2.12. The monoisotopic (exact) mass is 537 g/mol. The maximum Gasteiger partial charge on any atom is 0.434 e. The first-order valence-electron chi connectivity index (χ1n) is 11.0. The van der Waals surface area contributed by atoms with Gasteiger partial charge in [0.25, 0.3) is 0 Å². The highest BCUT2D eigenvalue weighted by Crippen LogP contribution is 2.44. The normalized spacial score (nSPS) is 12.5. The van der Waals surface area contributed by atoms with Crippen LogP contribution >= 0.6 is 11.3 Å². The van der Waals surface area contributed by atoms with Crippen LogP contribution < -0.4 is 10.1 Å². The van der Waals surface area contributed by atoms with Crippen LogP contribution in [0.3, 0.4) is 0 Å². The molecule has 11 heteroatoms. The fourth-order valence-corrected chi connectivity index (χ4v) is 4.54. The van der Waals surface area contributed by atoms with Gasteiger partial charge in [-0.25, -0.2) is 9.97 Å². The Balaban J connectivity index is 1.69. The molecule has 4 aromatic rings. The average molecular weight is 538 g/mol. The molecule has 0 aliphatic rings. The molecular formula is C26H21F6N3OS. The van der Waals surface area contributed by atoms with Crippen LogP contribution in [-0.2, 0) is 17.8 Å². The van der Waals surface area contributed by atoms with Gasteiger partial charge >= 0.3 is 12.4 Å². The second-order valence-electron chi connectivity index (χ2n) is 9.10. The number of anilines is 2. The number of benzene rings is 2. The van der Waals surface area contributed by atoms with E-state index in [1.807, 2.05) is 32.9 Å². The van der Waals surface area contributed by atoms with E-state index in [0.29, 0.717) is 17.1 Å². The van der Waals surface area contributed by atoms with Crippen LogP contribution in [0.2, 0.25) is 0 Å². The largest absolute Gasteiger partial charge is 0.437 e. The maximum absolute atomic E-state index is 13.8. The fraction of sp³-hybridized carbons (Fsp3) is 0.231. The maximum atomic E-state index is 13.8. The van der Waals surface area contributed by atoms with Crippen molar-refractivity contribution in [3.8, 4) is 22.1 Å². The lowest BCUT2D eigenvalue weighted by Gasteiger charge is -2.22. The highest BCUT2D eigenvalue weighted by Gasteiger charge is 2.38. The molecule has 2 heterocycles. The molecule has 0 unspecified atom stereocenters. The molecule has 0 aliphatic carbocycles. The van der Waals surface area contributed by atoms with Gasteiger partial charge in [0, 0.05) is 11.8 Å². The van der Waals surface area contributed by atoms with E-state index in [9.17, 15) is 26.3 Å². The predicted molar refractivity (Wildman–Crippen MR) is 130 cm³/mol. The summed E-state index contributed by atoms with van der Waals surface area (Å²) in [5.74, 6) is 0.663. The average Bonchev–Trinajstić information content (AvgIpc) is 3.24. The molecule has 194 valence electrons. The highest BCUT2D eigenvalue weighted by molar-refractivity contribution is 7.19. The Morgan fingerprint density at radius 2 is 1.49 bits per heavy atom. The third-order valence-corrected chi connectivity index (χ3v) is 6.30. The Labute approximate surface area is 213 Å². The number of rotatable bonds is 5. The molecule has 0 radical (unpaired) electrons. The highest BCUT2D eigenvalue weighted by atomic mass is 32.1. The number of ether oxygens (including phenoxy) is 1. The summed E-state index contributed by atoms with van der Waals surface area (Å²) in [7, 11) is 0. The summed E-state index contributed by atoms with van der Waals surface area (Å²) in [5, 5.41) is 2.71. The van der Waals surface area contributed by atoms with Gasteiger partial charge in [-0.3, -0.25) is 0 Å². The third kappa shape index (κ3) is 6.04. The van der Waals surface area contributed by atoms with Crippen molar-refractivity contribution in [2.75, 3.05) is 5.32 Å². The number of para-hydroxylation sites is 1. The van der Waals surface area contributed by atoms with Crippen LogP contribution in [0.4, 0.5) is 37.2 Å². The molecule has 4 nitrogen and oxygen atoms in total. The second-order valence-corrected chi connectivity index (χ2v) is 10.1. The molecule has 0 spiro atoms. The first-order valence-corrected chi connectivity index (χ1v) is 11.8. The minimum absolute atomic E-state index is 0.0346. The van der Waals surface area contributed by atoms with Crippen molar-refractivity contribution in [2.24, 2.45) is 0 Å². The molecule has 4 rings (SSSR count). The summed E-state index contributed by atoms with van der Waals surface area (Å²) in [5.41, 5.74) is -1.26. The third-order valence-electron chi connectivity index (χ3n) is 5.28. The van der Waals surface area contributed by atoms with E-state index >= 15 is 0 Å². The number of nitrogens with zero attached hydrogens (tertiary/aromatic N) is 2. The summed E-state index contributed by atoms with van der Waals surface area (Å²) >= 11 is 0.663. The van der Waals surface area contributed by atoms with Crippen molar-refractivity contribution in [2.45, 2.75) is 38.5 Å². The predicted octanol–water partition coefficient (Wildman–Crippen LogP) is 9.08. The number of hydrogen-bond donors (Lipinski definition) is 1. The Kier molecular flexibility index (Phi) is 6.93. The first-order chi connectivity index (χ1) is 17.2. The molecule has 0 fully saturated rings. The molecule has 0 amide bonds. The molecule has 0 saturated heterocycles. The molecule has 2 aromatic carbocycles. The molecule has 0 aliphatic heterocycles. The molecule has 2 aromatic heterocycles. The minimum Gasteiger partial charge on any atom is -0.437 e. The summed E-state index contributed by atoms with van der Waals surface area (Å²) in [6.45, 7) is 6.05. The van der Waals surface area contributed by atoms with Gasteiger partial charge in [-0.05, 0) is 41.3 Å². The van der Waals surface area contributed by atoms with E-state index < -0.39 is 23.6 Å². The van der Waals surface area contributed by atoms with Crippen LogP contribution in [-0.4, -0.2) is 9.97 Å². The zero-order valence-corrected chi connectivity index (χ0v) is 20.6. The number of aromatic nitrogens is 2. The number of hydrogen-bond acceptors (Lipinski definition) is 5. The zero-order chi connectivity index (χ0) is 27.0. The van der Waals surface area contributed by atoms with E-state index in [4.69, 9.17) is 4.74 Å². The summed E-state index contributed by atoms with van der Waals surface area (Å²) in [6, 6.07) is 14.0. The standard InChI is InChI=1S/C26H21F6N3OS/c1-24(2,3)17-7-4-5-9-19(17)36-22-18(8-6-14-33-22)34-23-35-21(26(30,31)32)20(37-23)15-10-12-16(13-11-15)25(27,28)29/h4-14H,1-3H3,(H,34,35). The van der Waals surface area contributed by atoms with Crippen molar-refractivity contribution in [1.29, 1.82) is 0 Å². The van der Waals surface area contributed by atoms with Gasteiger partial charge < -0.3 is 10.1 Å². The summed E-state index contributed by atoms with van der Waals surface area (Å²) < 4.78 is 86.1. The van der Waals surface area contributed by atoms with Crippen molar-refractivity contribution >= 4 is 22.2 Å². The minimum atomic E-state index is -4.83. The Morgan fingerprint density at radius 1 is 0.811 bits per heavy atom. The SMILES string of the molecule is CC(C)(C)c1ccccc1Oc1ncccc1Nc1nc(C(F)(F)F)c(-c2ccc(C(F)(F)F)cc2)s1. The zero-order valence-electron chi connectivity index (χ0n) is 19.8. The van der Waals surface area contributed by atoms with Crippen LogP contribution in [0.1, 0.15) is 37.6 Å². The fourth-order valence-electron chi connectivity index (χ4n) is 3.53. The van der Waals surface area contributed by atoms with Crippen molar-refractivity contribution < 1.29 is 31.1 Å².